The fraction of sp³-hybridized carbons (Fsp3) is 0.500. The lowest BCUT2D eigenvalue weighted by molar-refractivity contribution is -0.155. The third-order valence-electron chi connectivity index (χ3n) is 3.85. The number of phenolic OH excluding ortho intramolecular Hbond substituents is 1. The van der Waals surface area contributed by atoms with Crippen molar-refractivity contribution in [1.29, 1.82) is 0 Å². The molecule has 98 valence electrons. The molecule has 0 spiro atoms. The van der Waals surface area contributed by atoms with Gasteiger partial charge in [-0.2, -0.15) is 0 Å². The minimum atomic E-state index is -1.19. The van der Waals surface area contributed by atoms with Gasteiger partial charge in [0.05, 0.1) is 0 Å². The van der Waals surface area contributed by atoms with Crippen molar-refractivity contribution in [2.24, 2.45) is 0 Å². The van der Waals surface area contributed by atoms with E-state index in [9.17, 15) is 15.0 Å². The van der Waals surface area contributed by atoms with Gasteiger partial charge in [0.2, 0.25) is 5.60 Å². The number of hydrogen-bond donors (Lipinski definition) is 2. The van der Waals surface area contributed by atoms with Gasteiger partial charge in [0.25, 0.3) is 0 Å². The van der Waals surface area contributed by atoms with Crippen LogP contribution in [0, 0.1) is 13.8 Å². The maximum atomic E-state index is 11.3. The Hall–Kier alpha value is -1.71. The number of carbonyl (C=O) groups is 1. The molecular formula is C14H18O4. The highest BCUT2D eigenvalue weighted by Gasteiger charge is 2.43. The lowest BCUT2D eigenvalue weighted by atomic mass is 9.83. The molecule has 2 N–H and O–H groups in total. The second kappa shape index (κ2) is 3.90. The fourth-order valence-electron chi connectivity index (χ4n) is 2.49. The molecule has 0 saturated heterocycles. The number of aromatic hydroxyl groups is 1. The molecule has 18 heavy (non-hydrogen) atoms. The minimum Gasteiger partial charge on any atom is -0.508 e. The highest BCUT2D eigenvalue weighted by Crippen LogP contribution is 2.45. The van der Waals surface area contributed by atoms with Crippen LogP contribution in [-0.2, 0) is 4.79 Å². The predicted molar refractivity (Wildman–Crippen MR) is 67.3 cm³/mol. The average molecular weight is 250 g/mol. The van der Waals surface area contributed by atoms with Crippen LogP contribution in [-0.4, -0.2) is 21.8 Å². The second-order valence-corrected chi connectivity index (χ2v) is 5.31. The zero-order valence-corrected chi connectivity index (χ0v) is 11.1. The minimum absolute atomic E-state index is 0.0417. The SMILES string of the molecule is Cc1c(O)cc2c(c1C)OC(C)(C(=O)O)CC2C. The van der Waals surface area contributed by atoms with Crippen LogP contribution < -0.4 is 4.74 Å². The first kappa shape index (κ1) is 12.7. The Balaban J connectivity index is 2.60. The summed E-state index contributed by atoms with van der Waals surface area (Å²) in [4.78, 5) is 11.3. The van der Waals surface area contributed by atoms with E-state index in [4.69, 9.17) is 4.74 Å². The maximum Gasteiger partial charge on any atom is 0.347 e. The van der Waals surface area contributed by atoms with Gasteiger partial charge < -0.3 is 14.9 Å². The summed E-state index contributed by atoms with van der Waals surface area (Å²) in [6, 6.07) is 1.68. The monoisotopic (exact) mass is 250 g/mol. The number of aliphatic carboxylic acids is 1. The molecule has 1 aromatic carbocycles. The summed E-state index contributed by atoms with van der Waals surface area (Å²) in [7, 11) is 0. The molecule has 0 fully saturated rings. The Kier molecular flexibility index (Phi) is 2.76. The van der Waals surface area contributed by atoms with Crippen molar-refractivity contribution < 1.29 is 19.7 Å². The van der Waals surface area contributed by atoms with Crippen LogP contribution in [0.2, 0.25) is 0 Å². The summed E-state index contributed by atoms with van der Waals surface area (Å²) in [6.45, 7) is 7.19. The van der Waals surface area contributed by atoms with Crippen molar-refractivity contribution in [2.75, 3.05) is 0 Å². The number of ether oxygens (including phenoxy) is 1. The van der Waals surface area contributed by atoms with E-state index in [2.05, 4.69) is 0 Å². The molecule has 1 aromatic rings. The van der Waals surface area contributed by atoms with E-state index >= 15 is 0 Å². The van der Waals surface area contributed by atoms with E-state index in [1.807, 2.05) is 13.8 Å². The topological polar surface area (TPSA) is 66.8 Å². The van der Waals surface area contributed by atoms with Gasteiger partial charge in [-0.25, -0.2) is 4.79 Å². The van der Waals surface area contributed by atoms with Gasteiger partial charge in [0, 0.05) is 12.0 Å². The lowest BCUT2D eigenvalue weighted by Gasteiger charge is -2.37. The Morgan fingerprint density at radius 3 is 2.61 bits per heavy atom. The number of fused-ring (bicyclic) bond motifs is 1. The van der Waals surface area contributed by atoms with Gasteiger partial charge in [-0.1, -0.05) is 6.92 Å². The molecule has 0 saturated carbocycles. The molecule has 2 rings (SSSR count). The van der Waals surface area contributed by atoms with E-state index in [0.29, 0.717) is 12.2 Å². The molecule has 2 atom stereocenters. The number of carboxylic acid groups (broad SMARTS) is 1. The van der Waals surface area contributed by atoms with E-state index < -0.39 is 11.6 Å². The molecule has 0 bridgehead atoms. The van der Waals surface area contributed by atoms with Crippen molar-refractivity contribution in [2.45, 2.75) is 45.6 Å². The summed E-state index contributed by atoms with van der Waals surface area (Å²) in [5, 5.41) is 19.1. The van der Waals surface area contributed by atoms with Crippen LogP contribution in [0.3, 0.4) is 0 Å². The van der Waals surface area contributed by atoms with Gasteiger partial charge in [0.15, 0.2) is 0 Å². The number of benzene rings is 1. The summed E-state index contributed by atoms with van der Waals surface area (Å²) in [6.07, 6.45) is 0.400. The van der Waals surface area contributed by atoms with Crippen molar-refractivity contribution in [3.8, 4) is 11.5 Å². The van der Waals surface area contributed by atoms with Crippen molar-refractivity contribution in [1.82, 2.24) is 0 Å². The van der Waals surface area contributed by atoms with Crippen molar-refractivity contribution >= 4 is 5.97 Å². The largest absolute Gasteiger partial charge is 0.508 e. The molecule has 1 heterocycles. The third kappa shape index (κ3) is 1.72. The smallest absolute Gasteiger partial charge is 0.347 e. The first-order chi connectivity index (χ1) is 8.26. The van der Waals surface area contributed by atoms with Gasteiger partial charge in [-0.15, -0.1) is 0 Å². The first-order valence-corrected chi connectivity index (χ1v) is 6.01. The Labute approximate surface area is 106 Å². The van der Waals surface area contributed by atoms with Crippen molar-refractivity contribution in [3.63, 3.8) is 0 Å². The molecule has 0 aliphatic carbocycles. The van der Waals surface area contributed by atoms with Crippen LogP contribution in [0.4, 0.5) is 0 Å². The Morgan fingerprint density at radius 2 is 2.06 bits per heavy atom. The molecule has 1 aliphatic heterocycles. The van der Waals surface area contributed by atoms with Gasteiger partial charge in [-0.3, -0.25) is 0 Å². The zero-order chi connectivity index (χ0) is 13.7. The number of rotatable bonds is 1. The second-order valence-electron chi connectivity index (χ2n) is 5.31. The predicted octanol–water partition coefficient (Wildman–Crippen LogP) is 2.74. The number of phenols is 1. The van der Waals surface area contributed by atoms with E-state index in [-0.39, 0.29) is 11.7 Å². The van der Waals surface area contributed by atoms with E-state index in [0.717, 1.165) is 16.7 Å². The summed E-state index contributed by atoms with van der Waals surface area (Å²) in [5.74, 6) is -0.0697. The van der Waals surface area contributed by atoms with Crippen LogP contribution in [0.25, 0.3) is 0 Å². The molecule has 1 aliphatic rings. The van der Waals surface area contributed by atoms with Crippen LogP contribution >= 0.6 is 0 Å². The highest BCUT2D eigenvalue weighted by molar-refractivity contribution is 5.78. The normalized spacial score (nSPS) is 26.3. The quantitative estimate of drug-likeness (QED) is 0.804. The molecule has 0 amide bonds. The molecular weight excluding hydrogens is 232 g/mol. The molecule has 4 heteroatoms. The summed E-state index contributed by atoms with van der Waals surface area (Å²) < 4.78 is 5.71. The van der Waals surface area contributed by atoms with Gasteiger partial charge in [-0.05, 0) is 43.9 Å². The van der Waals surface area contributed by atoms with Crippen molar-refractivity contribution in [3.05, 3.63) is 22.8 Å². The van der Waals surface area contributed by atoms with Crippen LogP contribution in [0.1, 0.15) is 42.9 Å². The first-order valence-electron chi connectivity index (χ1n) is 6.01. The number of carboxylic acids is 1. The maximum absolute atomic E-state index is 11.3. The summed E-state index contributed by atoms with van der Waals surface area (Å²) in [5.41, 5.74) is 1.23. The van der Waals surface area contributed by atoms with Gasteiger partial charge >= 0.3 is 5.97 Å². The highest BCUT2D eigenvalue weighted by atomic mass is 16.5. The summed E-state index contributed by atoms with van der Waals surface area (Å²) >= 11 is 0. The molecule has 0 radical (unpaired) electrons. The van der Waals surface area contributed by atoms with E-state index in [1.165, 1.54) is 0 Å². The van der Waals surface area contributed by atoms with Crippen LogP contribution in [0.5, 0.6) is 11.5 Å². The number of hydrogen-bond acceptors (Lipinski definition) is 3. The Bertz CT molecular complexity index is 521. The van der Waals surface area contributed by atoms with Gasteiger partial charge in [0.1, 0.15) is 11.5 Å². The molecule has 4 nitrogen and oxygen atoms in total. The lowest BCUT2D eigenvalue weighted by Crippen LogP contribution is -2.45. The standard InChI is InChI=1S/C14H18O4/c1-7-6-14(4,13(16)17)18-12-9(3)8(2)11(15)5-10(7)12/h5,7,15H,6H2,1-4H3,(H,16,17). The van der Waals surface area contributed by atoms with Crippen LogP contribution in [0.15, 0.2) is 6.07 Å². The third-order valence-corrected chi connectivity index (χ3v) is 3.85. The average Bonchev–Trinajstić information content (AvgIpc) is 2.28. The molecule has 2 unspecified atom stereocenters. The fourth-order valence-corrected chi connectivity index (χ4v) is 2.49. The Morgan fingerprint density at radius 1 is 1.44 bits per heavy atom. The van der Waals surface area contributed by atoms with E-state index in [1.54, 1.807) is 19.9 Å². The zero-order valence-electron chi connectivity index (χ0n) is 11.1. The molecule has 0 aromatic heterocycles.